The van der Waals surface area contributed by atoms with Crippen LogP contribution in [-0.4, -0.2) is 23.3 Å². The standard InChI is InChI=1S/C19H32O3/c1-18(2,3)22-17(21)10-7-9-16-12-11-15-8-5-4-6-13-19(15,16)14-20/h9,15,20H,4-8,10-14H2,1-3H3/b16-9+/t15-,19?/m0/s1. The van der Waals surface area contributed by atoms with Crippen LogP contribution in [0.5, 0.6) is 0 Å². The average molecular weight is 308 g/mol. The number of allylic oxidation sites excluding steroid dienone is 1. The van der Waals surface area contributed by atoms with Crippen LogP contribution >= 0.6 is 0 Å². The molecule has 0 saturated heterocycles. The molecule has 2 fully saturated rings. The molecule has 2 rings (SSSR count). The molecular formula is C19H32O3. The van der Waals surface area contributed by atoms with Crippen LogP contribution in [0, 0.1) is 11.3 Å². The first kappa shape index (κ1) is 17.5. The smallest absolute Gasteiger partial charge is 0.306 e. The third-order valence-electron chi connectivity index (χ3n) is 5.30. The monoisotopic (exact) mass is 308 g/mol. The van der Waals surface area contributed by atoms with Crippen molar-refractivity contribution in [1.82, 2.24) is 0 Å². The topological polar surface area (TPSA) is 46.5 Å². The zero-order valence-electron chi connectivity index (χ0n) is 14.5. The molecule has 2 aliphatic rings. The number of hydrogen-bond donors (Lipinski definition) is 1. The fraction of sp³-hybridized carbons (Fsp3) is 0.842. The third kappa shape index (κ3) is 4.13. The van der Waals surface area contributed by atoms with E-state index in [1.54, 1.807) is 0 Å². The number of hydrogen-bond acceptors (Lipinski definition) is 3. The number of esters is 1. The molecule has 3 heteroatoms. The highest BCUT2D eigenvalue weighted by atomic mass is 16.6. The lowest BCUT2D eigenvalue weighted by atomic mass is 9.72. The normalized spacial score (nSPS) is 30.9. The van der Waals surface area contributed by atoms with Crippen molar-refractivity contribution in [3.8, 4) is 0 Å². The number of carbonyl (C=O) groups excluding carboxylic acids is 1. The van der Waals surface area contributed by atoms with E-state index >= 15 is 0 Å². The second-order valence-corrected chi connectivity index (χ2v) is 8.00. The molecule has 0 aliphatic heterocycles. The lowest BCUT2D eigenvalue weighted by molar-refractivity contribution is -0.154. The van der Waals surface area contributed by atoms with Crippen LogP contribution in [0.2, 0.25) is 0 Å². The van der Waals surface area contributed by atoms with Crippen LogP contribution in [0.15, 0.2) is 11.6 Å². The van der Waals surface area contributed by atoms with E-state index in [1.165, 1.54) is 37.7 Å². The first-order chi connectivity index (χ1) is 10.4. The summed E-state index contributed by atoms with van der Waals surface area (Å²) in [6.45, 7) is 5.97. The molecule has 2 aliphatic carbocycles. The van der Waals surface area contributed by atoms with Gasteiger partial charge in [0.25, 0.3) is 0 Å². The first-order valence-electron chi connectivity index (χ1n) is 8.89. The Labute approximate surface area is 135 Å². The Morgan fingerprint density at radius 1 is 1.32 bits per heavy atom. The van der Waals surface area contributed by atoms with Gasteiger partial charge in [-0.05, 0) is 58.8 Å². The number of ether oxygens (including phenoxy) is 1. The molecule has 2 atom stereocenters. The molecule has 0 bridgehead atoms. The van der Waals surface area contributed by atoms with E-state index in [4.69, 9.17) is 4.74 Å². The van der Waals surface area contributed by atoms with Gasteiger partial charge in [0.2, 0.25) is 0 Å². The van der Waals surface area contributed by atoms with Gasteiger partial charge in [0, 0.05) is 11.8 Å². The summed E-state index contributed by atoms with van der Waals surface area (Å²) >= 11 is 0. The summed E-state index contributed by atoms with van der Waals surface area (Å²) in [7, 11) is 0. The van der Waals surface area contributed by atoms with E-state index in [9.17, 15) is 9.90 Å². The lowest BCUT2D eigenvalue weighted by Gasteiger charge is -2.34. The van der Waals surface area contributed by atoms with Gasteiger partial charge in [-0.15, -0.1) is 0 Å². The van der Waals surface area contributed by atoms with E-state index in [0.717, 1.165) is 19.3 Å². The summed E-state index contributed by atoms with van der Waals surface area (Å²) in [5, 5.41) is 10.1. The molecule has 0 amide bonds. The molecule has 0 aromatic rings. The van der Waals surface area contributed by atoms with Crippen molar-refractivity contribution in [2.24, 2.45) is 11.3 Å². The molecule has 1 N–H and O–H groups in total. The predicted octanol–water partition coefficient (Wildman–Crippen LogP) is 4.39. The maximum atomic E-state index is 11.8. The molecular weight excluding hydrogens is 276 g/mol. The Morgan fingerprint density at radius 3 is 2.77 bits per heavy atom. The van der Waals surface area contributed by atoms with Crippen molar-refractivity contribution < 1.29 is 14.6 Å². The third-order valence-corrected chi connectivity index (χ3v) is 5.30. The highest BCUT2D eigenvalue weighted by Gasteiger charge is 2.45. The van der Waals surface area contributed by atoms with Crippen molar-refractivity contribution >= 4 is 5.97 Å². The highest BCUT2D eigenvalue weighted by Crippen LogP contribution is 2.54. The maximum absolute atomic E-state index is 11.8. The summed E-state index contributed by atoms with van der Waals surface area (Å²) in [5.74, 6) is 0.519. The molecule has 0 heterocycles. The molecule has 0 spiro atoms. The maximum Gasteiger partial charge on any atom is 0.306 e. The summed E-state index contributed by atoms with van der Waals surface area (Å²) in [5.41, 5.74) is 1.02. The summed E-state index contributed by atoms with van der Waals surface area (Å²) in [4.78, 5) is 11.8. The Bertz CT molecular complexity index is 419. The molecule has 3 nitrogen and oxygen atoms in total. The summed E-state index contributed by atoms with van der Waals surface area (Å²) in [6.07, 6.45) is 11.9. The lowest BCUT2D eigenvalue weighted by Crippen LogP contribution is -2.30. The van der Waals surface area contributed by atoms with E-state index in [2.05, 4.69) is 6.08 Å². The Morgan fingerprint density at radius 2 is 2.09 bits per heavy atom. The fourth-order valence-corrected chi connectivity index (χ4v) is 4.28. The average Bonchev–Trinajstić information content (AvgIpc) is 2.63. The van der Waals surface area contributed by atoms with Crippen LogP contribution in [0.4, 0.5) is 0 Å². The van der Waals surface area contributed by atoms with E-state index < -0.39 is 5.60 Å². The minimum atomic E-state index is -0.406. The number of fused-ring (bicyclic) bond motifs is 1. The van der Waals surface area contributed by atoms with Crippen molar-refractivity contribution in [1.29, 1.82) is 0 Å². The van der Waals surface area contributed by atoms with Crippen molar-refractivity contribution in [2.75, 3.05) is 6.61 Å². The van der Waals surface area contributed by atoms with E-state index in [-0.39, 0.29) is 18.0 Å². The molecule has 126 valence electrons. The van der Waals surface area contributed by atoms with Gasteiger partial charge >= 0.3 is 5.97 Å². The fourth-order valence-electron chi connectivity index (χ4n) is 4.28. The predicted molar refractivity (Wildman–Crippen MR) is 88.5 cm³/mol. The van der Waals surface area contributed by atoms with Gasteiger partial charge in [-0.2, -0.15) is 0 Å². The summed E-state index contributed by atoms with van der Waals surface area (Å²) < 4.78 is 5.36. The zero-order chi connectivity index (χ0) is 16.2. The van der Waals surface area contributed by atoms with Gasteiger partial charge in [-0.1, -0.05) is 30.9 Å². The van der Waals surface area contributed by atoms with Gasteiger partial charge < -0.3 is 9.84 Å². The van der Waals surface area contributed by atoms with Crippen LogP contribution < -0.4 is 0 Å². The molecule has 0 aromatic heterocycles. The zero-order valence-corrected chi connectivity index (χ0v) is 14.5. The summed E-state index contributed by atoms with van der Waals surface area (Å²) in [6, 6.07) is 0. The van der Waals surface area contributed by atoms with Gasteiger partial charge in [0.15, 0.2) is 0 Å². The molecule has 1 unspecified atom stereocenters. The van der Waals surface area contributed by atoms with Crippen LogP contribution in [0.25, 0.3) is 0 Å². The van der Waals surface area contributed by atoms with Crippen LogP contribution in [0.3, 0.4) is 0 Å². The Kier molecular flexibility index (Phi) is 5.70. The van der Waals surface area contributed by atoms with E-state index in [1.807, 2.05) is 20.8 Å². The largest absolute Gasteiger partial charge is 0.460 e. The first-order valence-corrected chi connectivity index (χ1v) is 8.89. The highest BCUT2D eigenvalue weighted by molar-refractivity contribution is 5.70. The van der Waals surface area contributed by atoms with Gasteiger partial charge in [-0.25, -0.2) is 0 Å². The number of aliphatic hydroxyl groups excluding tert-OH is 1. The molecule has 2 saturated carbocycles. The molecule has 0 radical (unpaired) electrons. The van der Waals surface area contributed by atoms with Crippen molar-refractivity contribution in [3.63, 3.8) is 0 Å². The van der Waals surface area contributed by atoms with Gasteiger partial charge in [-0.3, -0.25) is 4.79 Å². The second kappa shape index (κ2) is 7.16. The van der Waals surface area contributed by atoms with Crippen molar-refractivity contribution in [2.45, 2.75) is 84.2 Å². The van der Waals surface area contributed by atoms with Gasteiger partial charge in [0.1, 0.15) is 5.60 Å². The number of rotatable bonds is 4. The van der Waals surface area contributed by atoms with Crippen LogP contribution in [0.1, 0.15) is 78.6 Å². The minimum Gasteiger partial charge on any atom is -0.460 e. The quantitative estimate of drug-likeness (QED) is 0.619. The van der Waals surface area contributed by atoms with E-state index in [0.29, 0.717) is 12.3 Å². The molecule has 0 aromatic carbocycles. The van der Waals surface area contributed by atoms with Crippen molar-refractivity contribution in [3.05, 3.63) is 11.6 Å². The SMILES string of the molecule is CC(C)(C)OC(=O)CC/C=C1\CC[C@@H]2CCCCCC12CO. The Balaban J connectivity index is 1.97. The van der Waals surface area contributed by atoms with Gasteiger partial charge in [0.05, 0.1) is 6.61 Å². The number of aliphatic hydroxyl groups is 1. The molecule has 22 heavy (non-hydrogen) atoms. The number of carbonyl (C=O) groups is 1. The van der Waals surface area contributed by atoms with Crippen LogP contribution in [-0.2, 0) is 9.53 Å². The second-order valence-electron chi connectivity index (χ2n) is 8.00. The minimum absolute atomic E-state index is 0.0183. The Hall–Kier alpha value is -0.830.